The Hall–Kier alpha value is -0.596. The van der Waals surface area contributed by atoms with Crippen molar-refractivity contribution < 1.29 is 51.9 Å². The molecule has 0 bridgehead atoms. The van der Waals surface area contributed by atoms with E-state index in [9.17, 15) is 19.2 Å². The maximum Gasteiger partial charge on any atom is 0.143 e. The summed E-state index contributed by atoms with van der Waals surface area (Å²) >= 11 is 0. The molecule has 0 aromatic carbocycles. The summed E-state index contributed by atoms with van der Waals surface area (Å²) in [6.45, 7) is 16.8. The van der Waals surface area contributed by atoms with Crippen LogP contribution in [0.3, 0.4) is 0 Å². The summed E-state index contributed by atoms with van der Waals surface area (Å²) < 4.78 is 0. The monoisotopic (exact) mass is 469 g/mol. The molecule has 0 saturated heterocycles. The molecule has 0 heterocycles. The largest absolute Gasteiger partial charge is 0.443 e. The van der Waals surface area contributed by atoms with Gasteiger partial charge in [-0.2, -0.15) is 0 Å². The number of nitrogens with zero attached hydrogens (tertiary/aromatic N) is 3. The smallest absolute Gasteiger partial charge is 0.143 e. The standard InChI is InChI=1S/C20H34N3O4.Y/c1-16(2)11-22(13-18(4)25)9-7-21(12-17(3)24)8-10-23(14-19(5)26)15-20(6)27;/h10H,1,7-9,11-15H2,2-6H3;/q-1;. The Morgan fingerprint density at radius 1 is 0.679 bits per heavy atom. The van der Waals surface area contributed by atoms with Crippen molar-refractivity contribution >= 4 is 23.1 Å². The second-order valence-electron chi connectivity index (χ2n) is 7.30. The third kappa shape index (κ3) is 17.5. The van der Waals surface area contributed by atoms with E-state index < -0.39 is 0 Å². The summed E-state index contributed by atoms with van der Waals surface area (Å²) in [6, 6.07) is 0. The number of hydrogen-bond donors (Lipinski definition) is 0. The van der Waals surface area contributed by atoms with E-state index in [4.69, 9.17) is 0 Å². The molecule has 0 aliphatic heterocycles. The van der Waals surface area contributed by atoms with Gasteiger partial charge in [-0.1, -0.05) is 12.2 Å². The summed E-state index contributed by atoms with van der Waals surface area (Å²) in [5.74, 6) is 0.0561. The summed E-state index contributed by atoms with van der Waals surface area (Å²) in [5.41, 5.74) is 0.968. The first-order chi connectivity index (χ1) is 12.5. The minimum Gasteiger partial charge on any atom is -0.443 e. The van der Waals surface area contributed by atoms with Crippen LogP contribution in [0, 0.1) is 6.54 Å². The molecule has 0 fully saturated rings. The second-order valence-corrected chi connectivity index (χ2v) is 7.30. The first kappa shape index (κ1) is 29.6. The van der Waals surface area contributed by atoms with Crippen LogP contribution < -0.4 is 0 Å². The molecule has 0 rings (SSSR count). The summed E-state index contributed by atoms with van der Waals surface area (Å²) in [5, 5.41) is 0. The maximum atomic E-state index is 11.6. The van der Waals surface area contributed by atoms with Crippen LogP contribution in [0.25, 0.3) is 0 Å². The fourth-order valence-electron chi connectivity index (χ4n) is 2.73. The zero-order valence-electron chi connectivity index (χ0n) is 18.0. The van der Waals surface area contributed by atoms with E-state index in [2.05, 4.69) is 6.58 Å². The van der Waals surface area contributed by atoms with Crippen LogP contribution in [-0.2, 0) is 51.9 Å². The predicted molar refractivity (Wildman–Crippen MR) is 106 cm³/mol. The van der Waals surface area contributed by atoms with Gasteiger partial charge in [0.25, 0.3) is 0 Å². The molecule has 0 saturated carbocycles. The summed E-state index contributed by atoms with van der Waals surface area (Å²) in [6.07, 6.45) is 0. The van der Waals surface area contributed by atoms with Crippen molar-refractivity contribution in [1.29, 1.82) is 0 Å². The van der Waals surface area contributed by atoms with Gasteiger partial charge in [-0.3, -0.25) is 30.6 Å². The van der Waals surface area contributed by atoms with E-state index >= 15 is 0 Å². The van der Waals surface area contributed by atoms with Crippen molar-refractivity contribution in [1.82, 2.24) is 14.7 Å². The van der Waals surface area contributed by atoms with Crippen molar-refractivity contribution in [3.8, 4) is 0 Å². The fourth-order valence-corrected chi connectivity index (χ4v) is 2.73. The molecule has 0 unspecified atom stereocenters. The normalized spacial score (nSPS) is 10.9. The van der Waals surface area contributed by atoms with Gasteiger partial charge in [-0.15, -0.1) is 6.54 Å². The number of carbonyl (C=O) groups is 4. The molecule has 0 aliphatic carbocycles. The van der Waals surface area contributed by atoms with E-state index in [0.29, 0.717) is 32.7 Å². The molecule has 0 aromatic rings. The molecule has 7 nitrogen and oxygen atoms in total. The van der Waals surface area contributed by atoms with Crippen molar-refractivity contribution in [3.05, 3.63) is 18.7 Å². The summed E-state index contributed by atoms with van der Waals surface area (Å²) in [7, 11) is 0. The zero-order valence-corrected chi connectivity index (χ0v) is 20.8. The number of carbonyl (C=O) groups excluding carboxylic acids is 4. The van der Waals surface area contributed by atoms with E-state index in [-0.39, 0.29) is 75.5 Å². The Morgan fingerprint density at radius 2 is 1.07 bits per heavy atom. The van der Waals surface area contributed by atoms with Crippen LogP contribution in [0.4, 0.5) is 0 Å². The van der Waals surface area contributed by atoms with Gasteiger partial charge in [0, 0.05) is 65.4 Å². The third-order valence-corrected chi connectivity index (χ3v) is 3.57. The molecule has 0 N–H and O–H groups in total. The van der Waals surface area contributed by atoms with E-state index in [1.54, 1.807) is 18.4 Å². The Labute approximate surface area is 194 Å². The van der Waals surface area contributed by atoms with Crippen molar-refractivity contribution in [2.24, 2.45) is 0 Å². The van der Waals surface area contributed by atoms with Crippen molar-refractivity contribution in [2.45, 2.75) is 34.6 Å². The number of ketones is 4. The first-order valence-corrected chi connectivity index (χ1v) is 9.13. The molecule has 0 aromatic heterocycles. The zero-order chi connectivity index (χ0) is 21.0. The Balaban J connectivity index is 0. The molecule has 0 spiro atoms. The average Bonchev–Trinajstić information content (AvgIpc) is 2.46. The number of hydrogen-bond acceptors (Lipinski definition) is 7. The van der Waals surface area contributed by atoms with Crippen LogP contribution in [-0.4, -0.2) is 90.2 Å². The topological polar surface area (TPSA) is 78.0 Å². The number of rotatable bonds is 16. The Morgan fingerprint density at radius 3 is 1.46 bits per heavy atom. The average molecular weight is 469 g/mol. The molecular weight excluding hydrogens is 435 g/mol. The third-order valence-electron chi connectivity index (χ3n) is 3.57. The molecule has 157 valence electrons. The van der Waals surface area contributed by atoms with Crippen molar-refractivity contribution in [3.63, 3.8) is 0 Å². The van der Waals surface area contributed by atoms with Gasteiger partial charge in [0.15, 0.2) is 0 Å². The van der Waals surface area contributed by atoms with Gasteiger partial charge in [-0.25, -0.2) is 0 Å². The number of Topliss-reactive ketones (excluding diaryl/α,β-unsaturated/α-hetero) is 4. The second kappa shape index (κ2) is 16.2. The van der Waals surface area contributed by atoms with Crippen LogP contribution in [0.5, 0.6) is 0 Å². The summed E-state index contributed by atoms with van der Waals surface area (Å²) in [4.78, 5) is 51.5. The van der Waals surface area contributed by atoms with Crippen LogP contribution in [0.1, 0.15) is 34.6 Å². The van der Waals surface area contributed by atoms with E-state index in [0.717, 1.165) is 5.57 Å². The molecule has 1 radical (unpaired) electrons. The van der Waals surface area contributed by atoms with Gasteiger partial charge in [0.2, 0.25) is 0 Å². The van der Waals surface area contributed by atoms with Crippen LogP contribution in [0.15, 0.2) is 12.2 Å². The molecule has 0 atom stereocenters. The molecule has 28 heavy (non-hydrogen) atoms. The van der Waals surface area contributed by atoms with E-state index in [1.807, 2.05) is 16.7 Å². The Kier molecular flexibility index (Phi) is 17.2. The van der Waals surface area contributed by atoms with Gasteiger partial charge in [0.1, 0.15) is 23.1 Å². The minimum absolute atomic E-state index is 0. The fraction of sp³-hybridized carbons (Fsp3) is 0.650. The van der Waals surface area contributed by atoms with Crippen molar-refractivity contribution in [2.75, 3.05) is 52.4 Å². The van der Waals surface area contributed by atoms with Gasteiger partial charge in [-0.05, 0) is 34.6 Å². The minimum atomic E-state index is -0.0280. The van der Waals surface area contributed by atoms with Gasteiger partial charge >= 0.3 is 0 Å². The molecule has 0 aliphatic rings. The Bertz CT molecular complexity index is 480. The van der Waals surface area contributed by atoms with Gasteiger partial charge in [0.05, 0.1) is 13.1 Å². The predicted octanol–water partition coefficient (Wildman–Crippen LogP) is 0.984. The maximum absolute atomic E-state index is 11.6. The molecular formula is C20H34N3O4Y-. The quantitative estimate of drug-likeness (QED) is 0.246. The van der Waals surface area contributed by atoms with Gasteiger partial charge < -0.3 is 9.80 Å². The van der Waals surface area contributed by atoms with Crippen LogP contribution in [0.2, 0.25) is 0 Å². The first-order valence-electron chi connectivity index (χ1n) is 9.13. The van der Waals surface area contributed by atoms with E-state index in [1.165, 1.54) is 20.8 Å². The SMILES string of the molecule is C=C(C)CN(CCN(C[CH-]N(CC(C)=O)CC(C)=O)CC(C)=O)CC(C)=O.[Y]. The molecule has 0 amide bonds. The molecule has 8 heteroatoms. The van der Waals surface area contributed by atoms with Crippen LogP contribution >= 0.6 is 0 Å².